The van der Waals surface area contributed by atoms with Gasteiger partial charge in [0.2, 0.25) is 0 Å². The van der Waals surface area contributed by atoms with E-state index in [1.165, 1.54) is 4.90 Å². The zero-order valence-electron chi connectivity index (χ0n) is 13.6. The lowest BCUT2D eigenvalue weighted by Gasteiger charge is -2.10. The fourth-order valence-electron chi connectivity index (χ4n) is 2.17. The van der Waals surface area contributed by atoms with Gasteiger partial charge in [0.15, 0.2) is 0 Å². The molecule has 0 saturated heterocycles. The molecule has 2 rings (SSSR count). The third-order valence-corrected chi connectivity index (χ3v) is 4.58. The second kappa shape index (κ2) is 9.13. The number of rotatable bonds is 8. The molecule has 0 aromatic heterocycles. The molecule has 1 unspecified atom stereocenters. The molecule has 0 aliphatic rings. The summed E-state index contributed by atoms with van der Waals surface area (Å²) in [5, 5.41) is 11.5. The lowest BCUT2D eigenvalue weighted by molar-refractivity contribution is -0.137. The molecule has 0 fully saturated rings. The number of hydrogen-bond acceptors (Lipinski definition) is 3. The highest BCUT2D eigenvalue weighted by atomic mass is 32.2. The van der Waals surface area contributed by atoms with Crippen molar-refractivity contribution in [1.29, 1.82) is 0 Å². The maximum absolute atomic E-state index is 12.1. The SMILES string of the molecule is CC(CNC(=O)c1ccc(CSc2ccccc2)cc1)CC(=O)O. The highest BCUT2D eigenvalue weighted by Crippen LogP contribution is 2.22. The van der Waals surface area contributed by atoms with Gasteiger partial charge in [0, 0.05) is 29.2 Å². The van der Waals surface area contributed by atoms with E-state index in [9.17, 15) is 9.59 Å². The summed E-state index contributed by atoms with van der Waals surface area (Å²) in [4.78, 5) is 23.9. The van der Waals surface area contributed by atoms with Crippen LogP contribution >= 0.6 is 11.8 Å². The molecule has 126 valence electrons. The maximum atomic E-state index is 12.1. The third kappa shape index (κ3) is 6.08. The summed E-state index contributed by atoms with van der Waals surface area (Å²) in [6, 6.07) is 17.7. The third-order valence-electron chi connectivity index (χ3n) is 3.50. The molecule has 2 aromatic rings. The Kier molecular flexibility index (Phi) is 6.88. The normalized spacial score (nSPS) is 11.7. The number of amides is 1. The molecule has 0 saturated carbocycles. The van der Waals surface area contributed by atoms with Gasteiger partial charge in [0.1, 0.15) is 0 Å². The molecule has 0 radical (unpaired) electrons. The van der Waals surface area contributed by atoms with E-state index in [0.29, 0.717) is 12.1 Å². The predicted octanol–water partition coefficient (Wildman–Crippen LogP) is 3.82. The molecule has 1 amide bonds. The monoisotopic (exact) mass is 343 g/mol. The molecule has 5 heteroatoms. The Balaban J connectivity index is 1.82. The van der Waals surface area contributed by atoms with Gasteiger partial charge >= 0.3 is 5.97 Å². The molecule has 0 aliphatic carbocycles. The van der Waals surface area contributed by atoms with Gasteiger partial charge < -0.3 is 10.4 Å². The van der Waals surface area contributed by atoms with Crippen LogP contribution in [-0.4, -0.2) is 23.5 Å². The number of carbonyl (C=O) groups excluding carboxylic acids is 1. The van der Waals surface area contributed by atoms with Crippen molar-refractivity contribution < 1.29 is 14.7 Å². The Labute approximate surface area is 146 Å². The zero-order valence-corrected chi connectivity index (χ0v) is 14.4. The van der Waals surface area contributed by atoms with E-state index in [-0.39, 0.29) is 18.2 Å². The van der Waals surface area contributed by atoms with Crippen LogP contribution in [0.3, 0.4) is 0 Å². The summed E-state index contributed by atoms with van der Waals surface area (Å²) >= 11 is 1.75. The fourth-order valence-corrected chi connectivity index (χ4v) is 3.05. The van der Waals surface area contributed by atoms with Crippen molar-refractivity contribution in [3.63, 3.8) is 0 Å². The van der Waals surface area contributed by atoms with Crippen LogP contribution in [0.5, 0.6) is 0 Å². The summed E-state index contributed by atoms with van der Waals surface area (Å²) in [7, 11) is 0. The molecular formula is C19H21NO3S. The minimum absolute atomic E-state index is 0.0515. The number of carboxylic acid groups (broad SMARTS) is 1. The topological polar surface area (TPSA) is 66.4 Å². The summed E-state index contributed by atoms with van der Waals surface area (Å²) in [5.41, 5.74) is 1.74. The van der Waals surface area contributed by atoms with Crippen molar-refractivity contribution >= 4 is 23.6 Å². The van der Waals surface area contributed by atoms with Crippen molar-refractivity contribution in [2.24, 2.45) is 5.92 Å². The van der Waals surface area contributed by atoms with Crippen LogP contribution in [0, 0.1) is 5.92 Å². The Morgan fingerprint density at radius 3 is 2.38 bits per heavy atom. The van der Waals surface area contributed by atoms with E-state index in [2.05, 4.69) is 17.4 Å². The van der Waals surface area contributed by atoms with Crippen LogP contribution in [0.2, 0.25) is 0 Å². The lowest BCUT2D eigenvalue weighted by Crippen LogP contribution is -2.29. The van der Waals surface area contributed by atoms with Crippen molar-refractivity contribution in [2.75, 3.05) is 6.54 Å². The molecule has 4 nitrogen and oxygen atoms in total. The number of carboxylic acids is 1. The summed E-state index contributed by atoms with van der Waals surface area (Å²) in [6.07, 6.45) is 0.0515. The average molecular weight is 343 g/mol. The standard InChI is InChI=1S/C19H21NO3S/c1-14(11-18(21)22)12-20-19(23)16-9-7-15(8-10-16)13-24-17-5-3-2-4-6-17/h2-10,14H,11-13H2,1H3,(H,20,23)(H,21,22). The zero-order chi connectivity index (χ0) is 17.4. The van der Waals surface area contributed by atoms with Gasteiger partial charge in [-0.2, -0.15) is 0 Å². The van der Waals surface area contributed by atoms with E-state index in [0.717, 1.165) is 11.3 Å². The summed E-state index contributed by atoms with van der Waals surface area (Å²) < 4.78 is 0. The Morgan fingerprint density at radius 1 is 1.08 bits per heavy atom. The first-order chi connectivity index (χ1) is 11.5. The van der Waals surface area contributed by atoms with E-state index >= 15 is 0 Å². The highest BCUT2D eigenvalue weighted by Gasteiger charge is 2.10. The Bertz CT molecular complexity index is 671. The van der Waals surface area contributed by atoms with Gasteiger partial charge in [-0.15, -0.1) is 11.8 Å². The quantitative estimate of drug-likeness (QED) is 0.715. The van der Waals surface area contributed by atoms with Crippen LogP contribution in [-0.2, 0) is 10.5 Å². The van der Waals surface area contributed by atoms with Crippen LogP contribution in [0.25, 0.3) is 0 Å². The molecule has 0 heterocycles. The molecule has 0 spiro atoms. The molecular weight excluding hydrogens is 322 g/mol. The Hall–Kier alpha value is -2.27. The number of hydrogen-bond donors (Lipinski definition) is 2. The lowest BCUT2D eigenvalue weighted by atomic mass is 10.1. The largest absolute Gasteiger partial charge is 0.481 e. The number of thioether (sulfide) groups is 1. The second-order valence-corrected chi connectivity index (χ2v) is 6.76. The molecule has 1 atom stereocenters. The predicted molar refractivity (Wildman–Crippen MR) is 96.2 cm³/mol. The second-order valence-electron chi connectivity index (χ2n) is 5.71. The minimum Gasteiger partial charge on any atom is -0.481 e. The van der Waals surface area contributed by atoms with E-state index in [4.69, 9.17) is 5.11 Å². The number of nitrogens with one attached hydrogen (secondary N) is 1. The van der Waals surface area contributed by atoms with Crippen LogP contribution < -0.4 is 5.32 Å². The van der Waals surface area contributed by atoms with Crippen molar-refractivity contribution in [2.45, 2.75) is 24.0 Å². The van der Waals surface area contributed by atoms with Crippen LogP contribution in [0.1, 0.15) is 29.3 Å². The fraction of sp³-hybridized carbons (Fsp3) is 0.263. The first kappa shape index (κ1) is 18.1. The molecule has 0 aliphatic heterocycles. The van der Waals surface area contributed by atoms with E-state index in [1.54, 1.807) is 30.8 Å². The number of benzene rings is 2. The van der Waals surface area contributed by atoms with Gasteiger partial charge in [-0.05, 0) is 35.7 Å². The van der Waals surface area contributed by atoms with Gasteiger partial charge in [0.25, 0.3) is 5.91 Å². The first-order valence-electron chi connectivity index (χ1n) is 7.81. The van der Waals surface area contributed by atoms with Gasteiger partial charge in [-0.3, -0.25) is 9.59 Å². The molecule has 2 N–H and O–H groups in total. The van der Waals surface area contributed by atoms with E-state index in [1.807, 2.05) is 30.3 Å². The first-order valence-corrected chi connectivity index (χ1v) is 8.80. The average Bonchev–Trinajstić information content (AvgIpc) is 2.58. The molecule has 24 heavy (non-hydrogen) atoms. The van der Waals surface area contributed by atoms with Crippen LogP contribution in [0.15, 0.2) is 59.5 Å². The van der Waals surface area contributed by atoms with Crippen molar-refractivity contribution in [3.05, 3.63) is 65.7 Å². The summed E-state index contributed by atoms with van der Waals surface area (Å²) in [5.74, 6) is -0.263. The van der Waals surface area contributed by atoms with Gasteiger partial charge in [-0.25, -0.2) is 0 Å². The van der Waals surface area contributed by atoms with Crippen molar-refractivity contribution in [3.8, 4) is 0 Å². The molecule has 2 aromatic carbocycles. The number of aliphatic carboxylic acids is 1. The van der Waals surface area contributed by atoms with E-state index < -0.39 is 5.97 Å². The highest BCUT2D eigenvalue weighted by molar-refractivity contribution is 7.98. The smallest absolute Gasteiger partial charge is 0.303 e. The number of carbonyl (C=O) groups is 2. The Morgan fingerprint density at radius 2 is 1.75 bits per heavy atom. The van der Waals surface area contributed by atoms with Crippen molar-refractivity contribution in [1.82, 2.24) is 5.32 Å². The summed E-state index contributed by atoms with van der Waals surface area (Å²) in [6.45, 7) is 2.16. The molecule has 0 bridgehead atoms. The van der Waals surface area contributed by atoms with Gasteiger partial charge in [-0.1, -0.05) is 37.3 Å². The maximum Gasteiger partial charge on any atom is 0.303 e. The van der Waals surface area contributed by atoms with Crippen LogP contribution in [0.4, 0.5) is 0 Å². The van der Waals surface area contributed by atoms with Gasteiger partial charge in [0.05, 0.1) is 0 Å². The minimum atomic E-state index is -0.850.